The highest BCUT2D eigenvalue weighted by atomic mass is 35.9. The van der Waals surface area contributed by atoms with Gasteiger partial charge in [-0.3, -0.25) is 4.67 Å². The molecule has 0 N–H and O–H groups in total. The van der Waals surface area contributed by atoms with Gasteiger partial charge < -0.3 is 4.90 Å². The van der Waals surface area contributed by atoms with Gasteiger partial charge in [0, 0.05) is 13.1 Å². The van der Waals surface area contributed by atoms with E-state index in [9.17, 15) is 0 Å². The van der Waals surface area contributed by atoms with Crippen molar-refractivity contribution in [2.45, 2.75) is 0 Å². The molecule has 0 aromatic rings. The van der Waals surface area contributed by atoms with Crippen LogP contribution in [-0.2, 0) is 0 Å². The van der Waals surface area contributed by atoms with Gasteiger partial charge in [-0.25, -0.2) is 0 Å². The highest BCUT2D eigenvalue weighted by molar-refractivity contribution is 8.02. The minimum Gasteiger partial charge on any atom is -0.308 e. The summed E-state index contributed by atoms with van der Waals surface area (Å²) in [5, 5.41) is 0. The molecule has 0 spiro atoms. The molecule has 0 amide bonds. The maximum absolute atomic E-state index is 5.65. The van der Waals surface area contributed by atoms with Crippen LogP contribution in [0, 0.1) is 0 Å². The van der Waals surface area contributed by atoms with E-state index in [0.29, 0.717) is 0 Å². The summed E-state index contributed by atoms with van der Waals surface area (Å²) < 4.78 is 1.94. The van der Waals surface area contributed by atoms with Gasteiger partial charge in [0.1, 0.15) is 0 Å². The van der Waals surface area contributed by atoms with Crippen LogP contribution in [0.2, 0.25) is 0 Å². The lowest BCUT2D eigenvalue weighted by Crippen LogP contribution is -2.23. The van der Waals surface area contributed by atoms with Crippen LogP contribution in [0.1, 0.15) is 0 Å². The molecule has 0 heterocycles. The van der Waals surface area contributed by atoms with Crippen LogP contribution in [-0.4, -0.2) is 43.8 Å². The summed E-state index contributed by atoms with van der Waals surface area (Å²) in [6.07, 6.45) is 0. The molecular weight excluding hydrogens is 190 g/mol. The molecule has 0 aromatic heterocycles. The minimum absolute atomic E-state index is 0.922. The highest BCUT2D eigenvalue weighted by Crippen LogP contribution is 2.48. The molecular formula is C5H13Cl2N2P. The molecule has 0 aliphatic carbocycles. The zero-order chi connectivity index (χ0) is 8.15. The molecule has 0 aliphatic rings. The van der Waals surface area contributed by atoms with Crippen LogP contribution < -0.4 is 0 Å². The van der Waals surface area contributed by atoms with Crippen molar-refractivity contribution in [3.05, 3.63) is 0 Å². The lowest BCUT2D eigenvalue weighted by atomic mass is 10.6. The van der Waals surface area contributed by atoms with E-state index in [1.807, 2.05) is 25.8 Å². The van der Waals surface area contributed by atoms with Gasteiger partial charge in [-0.1, -0.05) is 22.5 Å². The SMILES string of the molecule is CN(C)CCN(C)P(Cl)Cl. The van der Waals surface area contributed by atoms with Crippen molar-refractivity contribution < 1.29 is 0 Å². The molecule has 0 bridgehead atoms. The molecule has 2 nitrogen and oxygen atoms in total. The molecule has 0 rings (SSSR count). The largest absolute Gasteiger partial charge is 0.308 e. The maximum Gasteiger partial charge on any atom is 0.159 e. The van der Waals surface area contributed by atoms with Crippen LogP contribution in [0.25, 0.3) is 0 Å². The average Bonchev–Trinajstić information content (AvgIpc) is 1.82. The zero-order valence-electron chi connectivity index (χ0n) is 6.51. The molecule has 0 saturated carbocycles. The fraction of sp³-hybridized carbons (Fsp3) is 1.00. The predicted octanol–water partition coefficient (Wildman–Crippen LogP) is 2.18. The van der Waals surface area contributed by atoms with E-state index in [2.05, 4.69) is 4.90 Å². The number of likely N-dealkylation sites (N-methyl/N-ethyl adjacent to an activating group) is 2. The van der Waals surface area contributed by atoms with Crippen molar-refractivity contribution in [3.8, 4) is 0 Å². The topological polar surface area (TPSA) is 6.48 Å². The number of halogens is 2. The van der Waals surface area contributed by atoms with Crippen LogP contribution in [0.4, 0.5) is 0 Å². The Morgan fingerprint density at radius 2 is 1.60 bits per heavy atom. The number of hydrogen-bond acceptors (Lipinski definition) is 2. The fourth-order valence-corrected chi connectivity index (χ4v) is 1.11. The van der Waals surface area contributed by atoms with Crippen LogP contribution in [0.5, 0.6) is 0 Å². The molecule has 0 atom stereocenters. The highest BCUT2D eigenvalue weighted by Gasteiger charge is 2.06. The van der Waals surface area contributed by atoms with Crippen molar-refractivity contribution in [2.75, 3.05) is 34.2 Å². The lowest BCUT2D eigenvalue weighted by Gasteiger charge is -2.18. The molecule has 0 saturated heterocycles. The maximum atomic E-state index is 5.65. The Kier molecular flexibility index (Phi) is 6.08. The zero-order valence-corrected chi connectivity index (χ0v) is 8.92. The second-order valence-electron chi connectivity index (χ2n) is 2.40. The smallest absolute Gasteiger partial charge is 0.159 e. The van der Waals surface area contributed by atoms with Crippen molar-refractivity contribution >= 4 is 29.3 Å². The van der Waals surface area contributed by atoms with Crippen molar-refractivity contribution in [2.24, 2.45) is 0 Å². The van der Waals surface area contributed by atoms with E-state index >= 15 is 0 Å². The Morgan fingerprint density at radius 3 is 1.90 bits per heavy atom. The molecule has 0 unspecified atom stereocenters. The first-order valence-electron chi connectivity index (χ1n) is 3.01. The minimum atomic E-state index is -0.941. The van der Waals surface area contributed by atoms with Gasteiger partial charge in [0.2, 0.25) is 0 Å². The number of rotatable bonds is 4. The lowest BCUT2D eigenvalue weighted by molar-refractivity contribution is 0.371. The Hall–Kier alpha value is 0.930. The Labute approximate surface area is 73.5 Å². The summed E-state index contributed by atoms with van der Waals surface area (Å²) in [6, 6.07) is 0. The first kappa shape index (κ1) is 10.9. The van der Waals surface area contributed by atoms with Gasteiger partial charge >= 0.3 is 0 Å². The Bertz CT molecular complexity index is 89.7. The summed E-state index contributed by atoms with van der Waals surface area (Å²) in [5.41, 5.74) is 0. The van der Waals surface area contributed by atoms with E-state index in [4.69, 9.17) is 22.5 Å². The third kappa shape index (κ3) is 5.70. The molecule has 0 aliphatic heterocycles. The summed E-state index contributed by atoms with van der Waals surface area (Å²) >= 11 is 11.3. The van der Waals surface area contributed by atoms with Gasteiger partial charge in [-0.2, -0.15) is 0 Å². The van der Waals surface area contributed by atoms with Gasteiger partial charge in [0.05, 0.1) is 0 Å². The van der Waals surface area contributed by atoms with E-state index in [0.717, 1.165) is 13.1 Å². The van der Waals surface area contributed by atoms with E-state index in [1.165, 1.54) is 0 Å². The molecule has 62 valence electrons. The number of hydrogen-bond donors (Lipinski definition) is 0. The summed E-state index contributed by atoms with van der Waals surface area (Å²) in [5.74, 6) is 0. The van der Waals surface area contributed by atoms with Gasteiger partial charge in [-0.15, -0.1) is 0 Å². The Morgan fingerprint density at radius 1 is 1.10 bits per heavy atom. The molecule has 10 heavy (non-hydrogen) atoms. The first-order valence-corrected chi connectivity index (χ1v) is 6.12. The monoisotopic (exact) mass is 202 g/mol. The van der Waals surface area contributed by atoms with Crippen LogP contribution in [0.3, 0.4) is 0 Å². The number of nitrogens with zero attached hydrogens (tertiary/aromatic N) is 2. The summed E-state index contributed by atoms with van der Waals surface area (Å²) in [4.78, 5) is 2.10. The van der Waals surface area contributed by atoms with Crippen LogP contribution in [0.15, 0.2) is 0 Å². The third-order valence-corrected chi connectivity index (χ3v) is 3.39. The fourth-order valence-electron chi connectivity index (χ4n) is 0.420. The summed E-state index contributed by atoms with van der Waals surface area (Å²) in [6.45, 7) is 0.976. The van der Waals surface area contributed by atoms with Gasteiger partial charge in [0.15, 0.2) is 6.78 Å². The van der Waals surface area contributed by atoms with Gasteiger partial charge in [-0.05, 0) is 21.1 Å². The molecule has 0 radical (unpaired) electrons. The first-order chi connectivity index (χ1) is 4.54. The standard InChI is InChI=1S/C5H13Cl2N2P/c1-8(2)4-5-9(3)10(6)7/h4-5H2,1-3H3. The van der Waals surface area contributed by atoms with Crippen LogP contribution >= 0.6 is 29.3 Å². The van der Waals surface area contributed by atoms with E-state index in [-0.39, 0.29) is 0 Å². The molecule has 0 fully saturated rings. The quantitative estimate of drug-likeness (QED) is 0.646. The Balaban J connectivity index is 3.30. The normalized spacial score (nSPS) is 12.0. The van der Waals surface area contributed by atoms with Gasteiger partial charge in [0.25, 0.3) is 0 Å². The molecule has 5 heteroatoms. The third-order valence-electron chi connectivity index (χ3n) is 1.13. The van der Waals surface area contributed by atoms with Crippen molar-refractivity contribution in [3.63, 3.8) is 0 Å². The second kappa shape index (κ2) is 5.56. The second-order valence-corrected chi connectivity index (χ2v) is 5.95. The molecule has 0 aromatic carbocycles. The average molecular weight is 203 g/mol. The van der Waals surface area contributed by atoms with Crippen molar-refractivity contribution in [1.82, 2.24) is 9.57 Å². The van der Waals surface area contributed by atoms with E-state index in [1.54, 1.807) is 0 Å². The summed E-state index contributed by atoms with van der Waals surface area (Å²) in [7, 11) is 5.98. The van der Waals surface area contributed by atoms with Crippen molar-refractivity contribution in [1.29, 1.82) is 0 Å². The predicted molar refractivity (Wildman–Crippen MR) is 49.8 cm³/mol. The van der Waals surface area contributed by atoms with E-state index < -0.39 is 6.78 Å².